The summed E-state index contributed by atoms with van der Waals surface area (Å²) < 4.78 is 21.6. The molecule has 28 heavy (non-hydrogen) atoms. The van der Waals surface area contributed by atoms with E-state index in [1.165, 1.54) is 0 Å². The predicted octanol–water partition coefficient (Wildman–Crippen LogP) is 2.68. The molecule has 2 aromatic rings. The van der Waals surface area contributed by atoms with E-state index in [2.05, 4.69) is 4.90 Å². The SMILES string of the molecule is COc1ccccc1C(=O)N1CCN(c2cc(OC)c(OC)c(OC)c2)CC1. The number of rotatable bonds is 6. The molecule has 1 saturated heterocycles. The molecular weight excluding hydrogens is 360 g/mol. The zero-order chi connectivity index (χ0) is 20.1. The third-order valence-corrected chi connectivity index (χ3v) is 4.92. The van der Waals surface area contributed by atoms with E-state index in [4.69, 9.17) is 18.9 Å². The third kappa shape index (κ3) is 3.78. The van der Waals surface area contributed by atoms with Gasteiger partial charge in [0.25, 0.3) is 5.91 Å². The highest BCUT2D eigenvalue weighted by molar-refractivity contribution is 5.97. The molecular formula is C21H26N2O5. The van der Waals surface area contributed by atoms with E-state index in [1.807, 2.05) is 29.2 Å². The van der Waals surface area contributed by atoms with Crippen LogP contribution in [0.5, 0.6) is 23.0 Å². The van der Waals surface area contributed by atoms with Crippen molar-refractivity contribution < 1.29 is 23.7 Å². The fraction of sp³-hybridized carbons (Fsp3) is 0.381. The lowest BCUT2D eigenvalue weighted by Gasteiger charge is -2.36. The summed E-state index contributed by atoms with van der Waals surface area (Å²) in [5.41, 5.74) is 1.56. The number of hydrogen-bond donors (Lipinski definition) is 0. The molecule has 0 bridgehead atoms. The Hall–Kier alpha value is -3.09. The van der Waals surface area contributed by atoms with Crippen LogP contribution in [0.4, 0.5) is 5.69 Å². The second kappa shape index (κ2) is 8.73. The molecule has 150 valence electrons. The molecule has 1 aliphatic heterocycles. The van der Waals surface area contributed by atoms with Gasteiger partial charge in [0.2, 0.25) is 5.75 Å². The molecule has 1 fully saturated rings. The molecule has 0 saturated carbocycles. The molecule has 2 aromatic carbocycles. The van der Waals surface area contributed by atoms with E-state index in [1.54, 1.807) is 40.6 Å². The number of para-hydroxylation sites is 1. The van der Waals surface area contributed by atoms with Gasteiger partial charge in [0.1, 0.15) is 5.75 Å². The fourth-order valence-corrected chi connectivity index (χ4v) is 3.41. The van der Waals surface area contributed by atoms with Gasteiger partial charge in [-0.2, -0.15) is 0 Å². The summed E-state index contributed by atoms with van der Waals surface area (Å²) >= 11 is 0. The Balaban J connectivity index is 1.74. The van der Waals surface area contributed by atoms with Crippen LogP contribution in [-0.2, 0) is 0 Å². The highest BCUT2D eigenvalue weighted by Gasteiger charge is 2.25. The van der Waals surface area contributed by atoms with Crippen molar-refractivity contribution in [3.8, 4) is 23.0 Å². The number of piperazine rings is 1. The van der Waals surface area contributed by atoms with E-state index >= 15 is 0 Å². The van der Waals surface area contributed by atoms with Gasteiger partial charge in [-0.3, -0.25) is 4.79 Å². The van der Waals surface area contributed by atoms with Gasteiger partial charge >= 0.3 is 0 Å². The van der Waals surface area contributed by atoms with Crippen molar-refractivity contribution in [2.75, 3.05) is 59.5 Å². The van der Waals surface area contributed by atoms with Crippen LogP contribution in [0.25, 0.3) is 0 Å². The zero-order valence-corrected chi connectivity index (χ0v) is 16.7. The summed E-state index contributed by atoms with van der Waals surface area (Å²) in [5.74, 6) is 2.38. The minimum absolute atomic E-state index is 0.0120. The summed E-state index contributed by atoms with van der Waals surface area (Å²) in [4.78, 5) is 16.9. The van der Waals surface area contributed by atoms with Gasteiger partial charge in [-0.1, -0.05) is 12.1 Å². The van der Waals surface area contributed by atoms with Crippen molar-refractivity contribution in [3.05, 3.63) is 42.0 Å². The summed E-state index contributed by atoms with van der Waals surface area (Å²) in [7, 11) is 6.37. The third-order valence-electron chi connectivity index (χ3n) is 4.92. The quantitative estimate of drug-likeness (QED) is 0.761. The second-order valence-corrected chi connectivity index (χ2v) is 6.36. The number of carbonyl (C=O) groups is 1. The molecule has 0 atom stereocenters. The Morgan fingerprint density at radius 3 is 1.89 bits per heavy atom. The summed E-state index contributed by atoms with van der Waals surface area (Å²) in [6.07, 6.45) is 0. The summed E-state index contributed by atoms with van der Waals surface area (Å²) in [5, 5.41) is 0. The average molecular weight is 386 g/mol. The molecule has 1 aliphatic rings. The number of amides is 1. The molecule has 1 heterocycles. The van der Waals surface area contributed by atoms with E-state index in [-0.39, 0.29) is 5.91 Å². The zero-order valence-electron chi connectivity index (χ0n) is 16.7. The van der Waals surface area contributed by atoms with Crippen molar-refractivity contribution >= 4 is 11.6 Å². The van der Waals surface area contributed by atoms with Crippen LogP contribution in [0.15, 0.2) is 36.4 Å². The van der Waals surface area contributed by atoms with Crippen LogP contribution in [-0.4, -0.2) is 65.4 Å². The highest BCUT2D eigenvalue weighted by atomic mass is 16.5. The number of methoxy groups -OCH3 is 4. The molecule has 0 aromatic heterocycles. The molecule has 0 radical (unpaired) electrons. The van der Waals surface area contributed by atoms with Gasteiger partial charge in [0.05, 0.1) is 34.0 Å². The number of nitrogens with zero attached hydrogens (tertiary/aromatic N) is 2. The molecule has 7 nitrogen and oxygen atoms in total. The molecule has 0 N–H and O–H groups in total. The van der Waals surface area contributed by atoms with Gasteiger partial charge in [-0.15, -0.1) is 0 Å². The summed E-state index contributed by atoms with van der Waals surface area (Å²) in [6, 6.07) is 11.2. The normalized spacial score (nSPS) is 13.9. The maximum absolute atomic E-state index is 12.9. The number of carbonyl (C=O) groups excluding carboxylic acids is 1. The minimum Gasteiger partial charge on any atom is -0.496 e. The molecule has 0 aliphatic carbocycles. The monoisotopic (exact) mass is 386 g/mol. The van der Waals surface area contributed by atoms with Crippen LogP contribution in [0, 0.1) is 0 Å². The molecule has 1 amide bonds. The lowest BCUT2D eigenvalue weighted by molar-refractivity contribution is 0.0743. The van der Waals surface area contributed by atoms with E-state index in [0.717, 1.165) is 5.69 Å². The first-order valence-electron chi connectivity index (χ1n) is 9.10. The van der Waals surface area contributed by atoms with Crippen LogP contribution >= 0.6 is 0 Å². The fourth-order valence-electron chi connectivity index (χ4n) is 3.41. The van der Waals surface area contributed by atoms with Crippen LogP contribution in [0.1, 0.15) is 10.4 Å². The molecule has 0 spiro atoms. The smallest absolute Gasteiger partial charge is 0.257 e. The maximum atomic E-state index is 12.9. The van der Waals surface area contributed by atoms with E-state index in [0.29, 0.717) is 54.7 Å². The molecule has 0 unspecified atom stereocenters. The maximum Gasteiger partial charge on any atom is 0.257 e. The first-order chi connectivity index (χ1) is 13.6. The van der Waals surface area contributed by atoms with Gasteiger partial charge in [-0.25, -0.2) is 0 Å². The number of hydrogen-bond acceptors (Lipinski definition) is 6. The highest BCUT2D eigenvalue weighted by Crippen LogP contribution is 2.41. The topological polar surface area (TPSA) is 60.5 Å². The second-order valence-electron chi connectivity index (χ2n) is 6.36. The Kier molecular flexibility index (Phi) is 6.13. The van der Waals surface area contributed by atoms with Gasteiger partial charge in [0, 0.05) is 44.0 Å². The standard InChI is InChI=1S/C21H26N2O5/c1-25-17-8-6-5-7-16(17)21(24)23-11-9-22(10-12-23)15-13-18(26-2)20(28-4)19(14-15)27-3/h5-8,13-14H,9-12H2,1-4H3. The lowest BCUT2D eigenvalue weighted by atomic mass is 10.1. The average Bonchev–Trinajstić information content (AvgIpc) is 2.77. The van der Waals surface area contributed by atoms with Gasteiger partial charge < -0.3 is 28.7 Å². The summed E-state index contributed by atoms with van der Waals surface area (Å²) in [6.45, 7) is 2.65. The molecule has 3 rings (SSSR count). The first kappa shape index (κ1) is 19.7. The first-order valence-corrected chi connectivity index (χ1v) is 9.10. The van der Waals surface area contributed by atoms with Crippen molar-refractivity contribution in [2.45, 2.75) is 0 Å². The molecule has 7 heteroatoms. The lowest BCUT2D eigenvalue weighted by Crippen LogP contribution is -2.48. The van der Waals surface area contributed by atoms with Crippen molar-refractivity contribution in [1.82, 2.24) is 4.90 Å². The van der Waals surface area contributed by atoms with Crippen molar-refractivity contribution in [1.29, 1.82) is 0 Å². The van der Waals surface area contributed by atoms with Gasteiger partial charge in [0.15, 0.2) is 11.5 Å². The number of anilines is 1. The van der Waals surface area contributed by atoms with E-state index < -0.39 is 0 Å². The number of benzene rings is 2. The van der Waals surface area contributed by atoms with Crippen molar-refractivity contribution in [3.63, 3.8) is 0 Å². The van der Waals surface area contributed by atoms with Crippen molar-refractivity contribution in [2.24, 2.45) is 0 Å². The Labute approximate surface area is 165 Å². The Bertz CT molecular complexity index is 806. The number of ether oxygens (including phenoxy) is 4. The Morgan fingerprint density at radius 2 is 1.36 bits per heavy atom. The predicted molar refractivity (Wildman–Crippen MR) is 107 cm³/mol. The van der Waals surface area contributed by atoms with E-state index in [9.17, 15) is 4.79 Å². The van der Waals surface area contributed by atoms with Crippen LogP contribution in [0.2, 0.25) is 0 Å². The minimum atomic E-state index is -0.0120. The van der Waals surface area contributed by atoms with Gasteiger partial charge in [-0.05, 0) is 12.1 Å². The Morgan fingerprint density at radius 1 is 0.786 bits per heavy atom. The van der Waals surface area contributed by atoms with Crippen LogP contribution in [0.3, 0.4) is 0 Å². The van der Waals surface area contributed by atoms with Crippen LogP contribution < -0.4 is 23.8 Å². The largest absolute Gasteiger partial charge is 0.496 e.